The lowest BCUT2D eigenvalue weighted by Crippen LogP contribution is -2.11. The minimum absolute atomic E-state index is 0.302. The molecule has 2 aromatic rings. The number of anilines is 2. The lowest BCUT2D eigenvalue weighted by molar-refractivity contribution is 0.757. The largest absolute Gasteiger partial charge is 0.369 e. The third-order valence-corrected chi connectivity index (χ3v) is 3.79. The van der Waals surface area contributed by atoms with Gasteiger partial charge >= 0.3 is 0 Å². The molecule has 0 aliphatic heterocycles. The first-order chi connectivity index (χ1) is 9.33. The van der Waals surface area contributed by atoms with Gasteiger partial charge in [0.15, 0.2) is 0 Å². The van der Waals surface area contributed by atoms with Crippen molar-refractivity contribution in [2.75, 3.05) is 17.2 Å². The fourth-order valence-corrected chi connectivity index (χ4v) is 2.68. The van der Waals surface area contributed by atoms with E-state index in [0.29, 0.717) is 6.04 Å². The van der Waals surface area contributed by atoms with Gasteiger partial charge in [-0.1, -0.05) is 19.9 Å². The van der Waals surface area contributed by atoms with Crippen molar-refractivity contribution in [2.24, 2.45) is 0 Å². The van der Waals surface area contributed by atoms with Gasteiger partial charge in [0.2, 0.25) is 0 Å². The van der Waals surface area contributed by atoms with Gasteiger partial charge in [-0.15, -0.1) is 11.3 Å². The smallest absolute Gasteiger partial charge is 0.147 e. The van der Waals surface area contributed by atoms with E-state index in [9.17, 15) is 0 Å². The van der Waals surface area contributed by atoms with E-state index in [2.05, 4.69) is 52.0 Å². The van der Waals surface area contributed by atoms with Crippen molar-refractivity contribution in [3.05, 3.63) is 34.8 Å². The van der Waals surface area contributed by atoms with Crippen LogP contribution in [0.25, 0.3) is 0 Å². The summed E-state index contributed by atoms with van der Waals surface area (Å²) in [6.07, 6.45) is 5.63. The van der Waals surface area contributed by atoms with Crippen molar-refractivity contribution >= 4 is 23.0 Å². The van der Waals surface area contributed by atoms with Crippen molar-refractivity contribution in [2.45, 2.75) is 32.7 Å². The Labute approximate surface area is 118 Å². The number of nitrogens with one attached hydrogen (secondary N) is 2. The average molecular weight is 276 g/mol. The number of thiophene rings is 1. The molecular weight excluding hydrogens is 256 g/mol. The van der Waals surface area contributed by atoms with Gasteiger partial charge in [-0.05, 0) is 24.3 Å². The van der Waals surface area contributed by atoms with Crippen LogP contribution in [0.2, 0.25) is 0 Å². The predicted octanol–water partition coefficient (Wildman–Crippen LogP) is 3.92. The zero-order valence-corrected chi connectivity index (χ0v) is 12.2. The number of nitrogens with zero attached hydrogens (tertiary/aromatic N) is 2. The van der Waals surface area contributed by atoms with Gasteiger partial charge in [-0.25, -0.2) is 4.98 Å². The molecule has 2 aromatic heterocycles. The van der Waals surface area contributed by atoms with E-state index in [4.69, 9.17) is 0 Å². The second-order valence-corrected chi connectivity index (χ2v) is 5.32. The summed E-state index contributed by atoms with van der Waals surface area (Å²) >= 11 is 1.77. The van der Waals surface area contributed by atoms with Crippen molar-refractivity contribution in [3.63, 3.8) is 0 Å². The van der Waals surface area contributed by atoms with Gasteiger partial charge in [0.1, 0.15) is 11.6 Å². The van der Waals surface area contributed by atoms with E-state index in [0.717, 1.165) is 31.0 Å². The maximum absolute atomic E-state index is 4.53. The van der Waals surface area contributed by atoms with Gasteiger partial charge in [-0.3, -0.25) is 4.98 Å². The summed E-state index contributed by atoms with van der Waals surface area (Å²) in [7, 11) is 0. The molecule has 1 unspecified atom stereocenters. The maximum Gasteiger partial charge on any atom is 0.147 e. The molecule has 0 aliphatic rings. The van der Waals surface area contributed by atoms with E-state index in [-0.39, 0.29) is 0 Å². The van der Waals surface area contributed by atoms with Crippen LogP contribution in [0.3, 0.4) is 0 Å². The second-order valence-electron chi connectivity index (χ2n) is 4.34. The summed E-state index contributed by atoms with van der Waals surface area (Å²) in [4.78, 5) is 10.1. The summed E-state index contributed by atoms with van der Waals surface area (Å²) in [5, 5.41) is 8.80. The molecule has 5 heteroatoms. The molecule has 0 spiro atoms. The molecule has 0 bridgehead atoms. The van der Waals surface area contributed by atoms with Crippen LogP contribution in [-0.2, 0) is 0 Å². The van der Waals surface area contributed by atoms with E-state index < -0.39 is 0 Å². The van der Waals surface area contributed by atoms with Gasteiger partial charge in [0, 0.05) is 11.4 Å². The molecule has 2 N–H and O–H groups in total. The monoisotopic (exact) mass is 276 g/mol. The Morgan fingerprint density at radius 3 is 2.79 bits per heavy atom. The first-order valence-electron chi connectivity index (χ1n) is 6.69. The van der Waals surface area contributed by atoms with Crippen molar-refractivity contribution in [1.29, 1.82) is 0 Å². The fraction of sp³-hybridized carbons (Fsp3) is 0.429. The average Bonchev–Trinajstić information content (AvgIpc) is 2.97. The molecule has 0 amide bonds. The van der Waals surface area contributed by atoms with Gasteiger partial charge in [-0.2, -0.15) is 0 Å². The molecule has 0 aromatic carbocycles. The molecule has 0 radical (unpaired) electrons. The van der Waals surface area contributed by atoms with Crippen molar-refractivity contribution in [3.8, 4) is 0 Å². The molecule has 2 rings (SSSR count). The highest BCUT2D eigenvalue weighted by Gasteiger charge is 2.11. The molecule has 0 saturated carbocycles. The molecule has 0 fully saturated rings. The van der Waals surface area contributed by atoms with E-state index in [1.165, 1.54) is 4.88 Å². The maximum atomic E-state index is 4.53. The van der Waals surface area contributed by atoms with Crippen LogP contribution in [0, 0.1) is 0 Å². The van der Waals surface area contributed by atoms with Gasteiger partial charge in [0.05, 0.1) is 18.4 Å². The van der Waals surface area contributed by atoms with Crippen LogP contribution in [0.1, 0.15) is 37.6 Å². The van der Waals surface area contributed by atoms with E-state index in [1.807, 2.05) is 0 Å². The molecule has 0 saturated heterocycles. The standard InChI is InChI=1S/C14H20N4S/c1-3-7-16-13-9-15-10-14(18-13)17-11(4-2)12-6-5-8-19-12/h5-6,8-11H,3-4,7H2,1-2H3,(H2,16,17,18). The lowest BCUT2D eigenvalue weighted by atomic mass is 10.2. The normalized spacial score (nSPS) is 12.1. The zero-order chi connectivity index (χ0) is 13.5. The second kappa shape index (κ2) is 7.09. The Morgan fingerprint density at radius 2 is 2.11 bits per heavy atom. The van der Waals surface area contributed by atoms with Crippen LogP contribution < -0.4 is 10.6 Å². The Kier molecular flexibility index (Phi) is 5.15. The zero-order valence-electron chi connectivity index (χ0n) is 11.4. The number of hydrogen-bond donors (Lipinski definition) is 2. The third kappa shape index (κ3) is 3.92. The van der Waals surface area contributed by atoms with Crippen LogP contribution in [-0.4, -0.2) is 16.5 Å². The fourth-order valence-electron chi connectivity index (χ4n) is 1.82. The molecule has 4 nitrogen and oxygen atoms in total. The SMILES string of the molecule is CCCNc1cncc(NC(CC)c2cccs2)n1. The summed E-state index contributed by atoms with van der Waals surface area (Å²) in [6, 6.07) is 4.53. The first kappa shape index (κ1) is 13.8. The van der Waals surface area contributed by atoms with Crippen LogP contribution in [0.15, 0.2) is 29.9 Å². The highest BCUT2D eigenvalue weighted by Crippen LogP contribution is 2.25. The summed E-state index contributed by atoms with van der Waals surface area (Å²) in [6.45, 7) is 5.22. The Bertz CT molecular complexity index is 484. The Hall–Kier alpha value is -1.62. The number of aromatic nitrogens is 2. The lowest BCUT2D eigenvalue weighted by Gasteiger charge is -2.16. The highest BCUT2D eigenvalue weighted by atomic mass is 32.1. The molecule has 19 heavy (non-hydrogen) atoms. The van der Waals surface area contributed by atoms with Crippen LogP contribution >= 0.6 is 11.3 Å². The molecule has 2 heterocycles. The molecule has 1 atom stereocenters. The predicted molar refractivity (Wildman–Crippen MR) is 81.8 cm³/mol. The summed E-state index contributed by atoms with van der Waals surface area (Å²) < 4.78 is 0. The van der Waals surface area contributed by atoms with Gasteiger partial charge in [0.25, 0.3) is 0 Å². The summed E-state index contributed by atoms with van der Waals surface area (Å²) in [5.74, 6) is 1.65. The number of hydrogen-bond acceptors (Lipinski definition) is 5. The minimum atomic E-state index is 0.302. The Morgan fingerprint density at radius 1 is 1.26 bits per heavy atom. The first-order valence-corrected chi connectivity index (χ1v) is 7.57. The van der Waals surface area contributed by atoms with Crippen LogP contribution in [0.5, 0.6) is 0 Å². The van der Waals surface area contributed by atoms with Gasteiger partial charge < -0.3 is 10.6 Å². The quantitative estimate of drug-likeness (QED) is 0.804. The molecule has 0 aliphatic carbocycles. The molecule has 102 valence electrons. The highest BCUT2D eigenvalue weighted by molar-refractivity contribution is 7.10. The van der Waals surface area contributed by atoms with E-state index in [1.54, 1.807) is 23.7 Å². The number of rotatable bonds is 7. The minimum Gasteiger partial charge on any atom is -0.369 e. The van der Waals surface area contributed by atoms with Crippen LogP contribution in [0.4, 0.5) is 11.6 Å². The third-order valence-electron chi connectivity index (χ3n) is 2.81. The topological polar surface area (TPSA) is 49.8 Å². The van der Waals surface area contributed by atoms with Crippen molar-refractivity contribution < 1.29 is 0 Å². The van der Waals surface area contributed by atoms with E-state index >= 15 is 0 Å². The molecular formula is C14H20N4S. The Balaban J connectivity index is 2.05. The van der Waals surface area contributed by atoms with Crippen molar-refractivity contribution in [1.82, 2.24) is 9.97 Å². The summed E-state index contributed by atoms with van der Waals surface area (Å²) in [5.41, 5.74) is 0.